The molecule has 0 aliphatic heterocycles. The zero-order chi connectivity index (χ0) is 17.4. The van der Waals surface area contributed by atoms with Crippen LogP contribution in [-0.2, 0) is 16.1 Å². The second-order valence-corrected chi connectivity index (χ2v) is 5.01. The Balaban J connectivity index is 1.78. The Morgan fingerprint density at radius 3 is 2.54 bits per heavy atom. The molecule has 1 atom stereocenters. The number of carbonyl (C=O) groups is 2. The van der Waals surface area contributed by atoms with Crippen LogP contribution < -0.4 is 15.4 Å². The van der Waals surface area contributed by atoms with E-state index < -0.39 is 12.1 Å². The Labute approximate surface area is 140 Å². The quantitative estimate of drug-likeness (QED) is 0.849. The van der Waals surface area contributed by atoms with Gasteiger partial charge in [0.1, 0.15) is 12.6 Å². The first-order valence-corrected chi connectivity index (χ1v) is 7.36. The summed E-state index contributed by atoms with van der Waals surface area (Å²) >= 11 is 0. The SMILES string of the molecule is COc1ccc(NC(=O)[C@H](C)NC(=O)OCc2ccccc2)cn1. The minimum Gasteiger partial charge on any atom is -0.481 e. The molecule has 2 aromatic rings. The Morgan fingerprint density at radius 1 is 1.17 bits per heavy atom. The summed E-state index contributed by atoms with van der Waals surface area (Å²) in [5.74, 6) is 0.0716. The van der Waals surface area contributed by atoms with Crippen LogP contribution >= 0.6 is 0 Å². The van der Waals surface area contributed by atoms with E-state index in [2.05, 4.69) is 15.6 Å². The van der Waals surface area contributed by atoms with Gasteiger partial charge in [-0.3, -0.25) is 4.79 Å². The van der Waals surface area contributed by atoms with Crippen molar-refractivity contribution >= 4 is 17.7 Å². The third kappa shape index (κ3) is 5.28. The van der Waals surface area contributed by atoms with Crippen molar-refractivity contribution in [3.8, 4) is 5.88 Å². The monoisotopic (exact) mass is 329 g/mol. The summed E-state index contributed by atoms with van der Waals surface area (Å²) in [6.45, 7) is 1.71. The second kappa shape index (κ2) is 8.52. The number of hydrogen-bond donors (Lipinski definition) is 2. The normalized spacial score (nSPS) is 11.2. The van der Waals surface area contributed by atoms with Gasteiger partial charge in [-0.15, -0.1) is 0 Å². The summed E-state index contributed by atoms with van der Waals surface area (Å²) < 4.78 is 10.0. The summed E-state index contributed by atoms with van der Waals surface area (Å²) in [4.78, 5) is 27.7. The van der Waals surface area contributed by atoms with Gasteiger partial charge < -0.3 is 20.1 Å². The lowest BCUT2D eigenvalue weighted by molar-refractivity contribution is -0.117. The lowest BCUT2D eigenvalue weighted by Crippen LogP contribution is -2.41. The number of aromatic nitrogens is 1. The molecule has 0 spiro atoms. The molecule has 2 amide bonds. The Morgan fingerprint density at radius 2 is 1.92 bits per heavy atom. The Bertz CT molecular complexity index is 674. The maximum absolute atomic E-state index is 12.0. The van der Waals surface area contributed by atoms with Gasteiger partial charge in [0.25, 0.3) is 0 Å². The minimum absolute atomic E-state index is 0.142. The van der Waals surface area contributed by atoms with Crippen LogP contribution in [0.5, 0.6) is 5.88 Å². The molecule has 7 heteroatoms. The highest BCUT2D eigenvalue weighted by Gasteiger charge is 2.16. The zero-order valence-electron chi connectivity index (χ0n) is 13.5. The first-order valence-electron chi connectivity index (χ1n) is 7.36. The van der Waals surface area contributed by atoms with E-state index in [1.807, 2.05) is 30.3 Å². The van der Waals surface area contributed by atoms with E-state index in [0.717, 1.165) is 5.56 Å². The van der Waals surface area contributed by atoms with E-state index in [-0.39, 0.29) is 12.5 Å². The summed E-state index contributed by atoms with van der Waals surface area (Å²) in [6, 6.07) is 11.8. The molecule has 0 fully saturated rings. The summed E-state index contributed by atoms with van der Waals surface area (Å²) in [5, 5.41) is 5.12. The third-order valence-electron chi connectivity index (χ3n) is 3.15. The van der Waals surface area contributed by atoms with Crippen molar-refractivity contribution < 1.29 is 19.1 Å². The van der Waals surface area contributed by atoms with Gasteiger partial charge in [-0.1, -0.05) is 30.3 Å². The molecule has 0 bridgehead atoms. The number of carbonyl (C=O) groups excluding carboxylic acids is 2. The molecule has 2 rings (SSSR count). The largest absolute Gasteiger partial charge is 0.481 e. The molecule has 0 radical (unpaired) electrons. The van der Waals surface area contributed by atoms with Crippen molar-refractivity contribution in [2.45, 2.75) is 19.6 Å². The van der Waals surface area contributed by atoms with Crippen molar-refractivity contribution in [3.63, 3.8) is 0 Å². The van der Waals surface area contributed by atoms with Crippen LogP contribution in [0.2, 0.25) is 0 Å². The van der Waals surface area contributed by atoms with E-state index in [1.165, 1.54) is 13.3 Å². The molecule has 0 aliphatic rings. The number of amides is 2. The Hall–Kier alpha value is -3.09. The number of alkyl carbamates (subject to hydrolysis) is 1. The van der Waals surface area contributed by atoms with Crippen molar-refractivity contribution in [2.24, 2.45) is 0 Å². The minimum atomic E-state index is -0.754. The number of pyridine rings is 1. The number of benzene rings is 1. The maximum Gasteiger partial charge on any atom is 0.408 e. The first kappa shape index (κ1) is 17.3. The van der Waals surface area contributed by atoms with Gasteiger partial charge in [-0.05, 0) is 18.6 Å². The lowest BCUT2D eigenvalue weighted by atomic mass is 10.2. The van der Waals surface area contributed by atoms with Crippen LogP contribution in [0.15, 0.2) is 48.7 Å². The molecular weight excluding hydrogens is 310 g/mol. The highest BCUT2D eigenvalue weighted by Crippen LogP contribution is 2.11. The average Bonchev–Trinajstić information content (AvgIpc) is 2.61. The molecule has 1 aromatic carbocycles. The predicted octanol–water partition coefficient (Wildman–Crippen LogP) is 2.34. The van der Waals surface area contributed by atoms with E-state index in [0.29, 0.717) is 11.6 Å². The number of hydrogen-bond acceptors (Lipinski definition) is 5. The molecule has 0 unspecified atom stereocenters. The van der Waals surface area contributed by atoms with Gasteiger partial charge >= 0.3 is 6.09 Å². The fourth-order valence-electron chi connectivity index (χ4n) is 1.83. The van der Waals surface area contributed by atoms with E-state index in [4.69, 9.17) is 9.47 Å². The highest BCUT2D eigenvalue weighted by atomic mass is 16.5. The standard InChI is InChI=1S/C17H19N3O4/c1-12(16(21)20-14-8-9-15(23-2)18-10-14)19-17(22)24-11-13-6-4-3-5-7-13/h3-10,12H,11H2,1-2H3,(H,19,22)(H,20,21)/t12-/m0/s1. The van der Waals surface area contributed by atoms with Crippen LogP contribution in [0.3, 0.4) is 0 Å². The van der Waals surface area contributed by atoms with Gasteiger partial charge in [-0.25, -0.2) is 9.78 Å². The van der Waals surface area contributed by atoms with Crippen LogP contribution in [0.1, 0.15) is 12.5 Å². The molecule has 0 saturated carbocycles. The number of ether oxygens (including phenoxy) is 2. The van der Waals surface area contributed by atoms with Crippen LogP contribution in [0.25, 0.3) is 0 Å². The first-order chi connectivity index (χ1) is 11.6. The van der Waals surface area contributed by atoms with Gasteiger partial charge in [0.2, 0.25) is 11.8 Å². The third-order valence-corrected chi connectivity index (χ3v) is 3.15. The van der Waals surface area contributed by atoms with Gasteiger partial charge in [0.05, 0.1) is 19.0 Å². The van der Waals surface area contributed by atoms with Crippen LogP contribution in [-0.4, -0.2) is 30.1 Å². The molecule has 7 nitrogen and oxygen atoms in total. The number of rotatable bonds is 6. The van der Waals surface area contributed by atoms with E-state index >= 15 is 0 Å². The molecular formula is C17H19N3O4. The lowest BCUT2D eigenvalue weighted by Gasteiger charge is -2.14. The fraction of sp³-hybridized carbons (Fsp3) is 0.235. The molecule has 24 heavy (non-hydrogen) atoms. The molecule has 0 aliphatic carbocycles. The van der Waals surface area contributed by atoms with Crippen molar-refractivity contribution in [2.75, 3.05) is 12.4 Å². The van der Waals surface area contributed by atoms with E-state index in [1.54, 1.807) is 19.1 Å². The van der Waals surface area contributed by atoms with E-state index in [9.17, 15) is 9.59 Å². The maximum atomic E-state index is 12.0. The van der Waals surface area contributed by atoms with Gasteiger partial charge in [-0.2, -0.15) is 0 Å². The van der Waals surface area contributed by atoms with Crippen molar-refractivity contribution in [3.05, 3.63) is 54.2 Å². The number of anilines is 1. The highest BCUT2D eigenvalue weighted by molar-refractivity contribution is 5.96. The van der Waals surface area contributed by atoms with Crippen molar-refractivity contribution in [1.82, 2.24) is 10.3 Å². The number of methoxy groups -OCH3 is 1. The Kier molecular flexibility index (Phi) is 6.13. The molecule has 1 heterocycles. The molecule has 126 valence electrons. The fourth-order valence-corrected chi connectivity index (χ4v) is 1.83. The van der Waals surface area contributed by atoms with Crippen molar-refractivity contribution in [1.29, 1.82) is 0 Å². The summed E-state index contributed by atoms with van der Waals surface area (Å²) in [6.07, 6.45) is 0.811. The smallest absolute Gasteiger partial charge is 0.408 e. The zero-order valence-corrected chi connectivity index (χ0v) is 13.5. The molecule has 0 saturated heterocycles. The van der Waals surface area contributed by atoms with Crippen LogP contribution in [0.4, 0.5) is 10.5 Å². The molecule has 2 N–H and O–H groups in total. The van der Waals surface area contributed by atoms with Crippen LogP contribution in [0, 0.1) is 0 Å². The average molecular weight is 329 g/mol. The topological polar surface area (TPSA) is 89.6 Å². The number of nitrogens with one attached hydrogen (secondary N) is 2. The second-order valence-electron chi connectivity index (χ2n) is 5.01. The number of nitrogens with zero attached hydrogens (tertiary/aromatic N) is 1. The van der Waals surface area contributed by atoms with Gasteiger partial charge in [0.15, 0.2) is 0 Å². The van der Waals surface area contributed by atoms with Gasteiger partial charge in [0, 0.05) is 6.07 Å². The predicted molar refractivity (Wildman–Crippen MR) is 88.6 cm³/mol. The molecule has 1 aromatic heterocycles. The summed E-state index contributed by atoms with van der Waals surface area (Å²) in [5.41, 5.74) is 1.38. The summed E-state index contributed by atoms with van der Waals surface area (Å²) in [7, 11) is 1.51.